The van der Waals surface area contributed by atoms with Crippen LogP contribution in [0, 0.1) is 5.41 Å². The van der Waals surface area contributed by atoms with Crippen LogP contribution in [0.5, 0.6) is 5.75 Å². The van der Waals surface area contributed by atoms with Gasteiger partial charge in [-0.15, -0.1) is 0 Å². The van der Waals surface area contributed by atoms with Crippen LogP contribution in [0.25, 0.3) is 0 Å². The molecule has 2 heterocycles. The second kappa shape index (κ2) is 6.84. The second-order valence-electron chi connectivity index (χ2n) is 7.06. The molecule has 0 atom stereocenters. The molecule has 1 aromatic carbocycles. The number of rotatable bonds is 2. The van der Waals surface area contributed by atoms with E-state index in [9.17, 15) is 4.57 Å². The summed E-state index contributed by atoms with van der Waals surface area (Å²) in [5, 5.41) is 0.355. The predicted octanol–water partition coefficient (Wildman–Crippen LogP) is 4.57. The molecule has 2 spiro atoms. The fourth-order valence-corrected chi connectivity index (χ4v) is 5.07. The summed E-state index contributed by atoms with van der Waals surface area (Å²) in [6.45, 7) is 1.34. The van der Waals surface area contributed by atoms with E-state index in [1.54, 1.807) is 24.3 Å². The normalized spacial score (nSPS) is 27.2. The molecule has 1 aliphatic carbocycles. The van der Waals surface area contributed by atoms with Gasteiger partial charge < -0.3 is 14.0 Å². The van der Waals surface area contributed by atoms with Crippen molar-refractivity contribution < 1.29 is 27.6 Å². The van der Waals surface area contributed by atoms with Crippen molar-refractivity contribution in [2.24, 2.45) is 5.41 Å². The van der Waals surface area contributed by atoms with E-state index in [-0.39, 0.29) is 19.0 Å². The van der Waals surface area contributed by atoms with E-state index < -0.39 is 19.0 Å². The van der Waals surface area contributed by atoms with Crippen LogP contribution in [-0.4, -0.2) is 32.2 Å². The molecule has 6 nitrogen and oxygen atoms in total. The first kappa shape index (κ1) is 17.8. The Morgan fingerprint density at radius 3 is 2.24 bits per heavy atom. The van der Waals surface area contributed by atoms with Crippen LogP contribution in [0.1, 0.15) is 32.1 Å². The first-order valence-corrected chi connectivity index (χ1v) is 10.5. The largest absolute Gasteiger partial charge is 0.530 e. The van der Waals surface area contributed by atoms with Crippen molar-refractivity contribution in [3.8, 4) is 5.75 Å². The lowest BCUT2D eigenvalue weighted by Crippen LogP contribution is -2.55. The molecule has 3 fully saturated rings. The van der Waals surface area contributed by atoms with E-state index >= 15 is 0 Å². The summed E-state index contributed by atoms with van der Waals surface area (Å²) in [7, 11) is -3.69. The maximum atomic E-state index is 12.7. The zero-order valence-corrected chi connectivity index (χ0v) is 15.6. The Hall–Kier alpha value is -0.620. The lowest BCUT2D eigenvalue weighted by atomic mass is 9.88. The van der Waals surface area contributed by atoms with Gasteiger partial charge in [-0.25, -0.2) is 4.57 Å². The molecule has 2 aliphatic heterocycles. The van der Waals surface area contributed by atoms with Gasteiger partial charge in [-0.2, -0.15) is 0 Å². The summed E-state index contributed by atoms with van der Waals surface area (Å²) in [6, 6.07) is 6.78. The number of halogens is 1. The minimum Gasteiger partial charge on any atom is -0.402 e. The van der Waals surface area contributed by atoms with Crippen molar-refractivity contribution in [2.75, 3.05) is 26.4 Å². The Morgan fingerprint density at radius 2 is 1.60 bits per heavy atom. The van der Waals surface area contributed by atoms with Gasteiger partial charge in [-0.1, -0.05) is 30.2 Å². The van der Waals surface area contributed by atoms with Crippen molar-refractivity contribution in [1.82, 2.24) is 0 Å². The minimum absolute atomic E-state index is 0.199. The molecule has 0 aromatic heterocycles. The van der Waals surface area contributed by atoms with E-state index in [0.29, 0.717) is 18.2 Å². The third-order valence-corrected chi connectivity index (χ3v) is 6.63. The molecule has 0 radical (unpaired) electrons. The van der Waals surface area contributed by atoms with Crippen molar-refractivity contribution in [1.29, 1.82) is 0 Å². The van der Waals surface area contributed by atoms with Gasteiger partial charge in [-0.05, 0) is 25.0 Å². The standard InChI is InChI=1S/C17H22ClO6P/c18-14-6-2-3-7-15(14)24-25(19)22-12-16(13-23-25)10-20-17(21-11-16)8-4-1-5-9-17/h2-3,6-7H,1,4-5,8-13H2. The fourth-order valence-electron chi connectivity index (χ4n) is 3.40. The van der Waals surface area contributed by atoms with Gasteiger partial charge in [0, 0.05) is 12.8 Å². The van der Waals surface area contributed by atoms with Gasteiger partial charge in [0.15, 0.2) is 5.79 Å². The van der Waals surface area contributed by atoms with Crippen LogP contribution in [-0.2, 0) is 23.1 Å². The first-order valence-electron chi connectivity index (χ1n) is 8.64. The number of para-hydroxylation sites is 1. The lowest BCUT2D eigenvalue weighted by Gasteiger charge is -2.48. The van der Waals surface area contributed by atoms with Gasteiger partial charge in [-0.3, -0.25) is 9.05 Å². The zero-order valence-electron chi connectivity index (χ0n) is 13.9. The highest BCUT2D eigenvalue weighted by molar-refractivity contribution is 7.49. The minimum atomic E-state index is -3.69. The van der Waals surface area contributed by atoms with Crippen LogP contribution in [0.3, 0.4) is 0 Å². The quantitative estimate of drug-likeness (QED) is 0.692. The van der Waals surface area contributed by atoms with Gasteiger partial charge >= 0.3 is 7.82 Å². The number of benzene rings is 1. The summed E-state index contributed by atoms with van der Waals surface area (Å²) in [6.07, 6.45) is 5.34. The van der Waals surface area contributed by atoms with Crippen molar-refractivity contribution in [3.63, 3.8) is 0 Å². The van der Waals surface area contributed by atoms with Gasteiger partial charge in [0.1, 0.15) is 5.75 Å². The first-order chi connectivity index (χ1) is 12.0. The molecule has 1 aromatic rings. The highest BCUT2D eigenvalue weighted by atomic mass is 35.5. The summed E-state index contributed by atoms with van der Waals surface area (Å²) in [5.41, 5.74) is -0.444. The van der Waals surface area contributed by atoms with Gasteiger partial charge in [0.25, 0.3) is 0 Å². The van der Waals surface area contributed by atoms with Crippen LogP contribution < -0.4 is 4.52 Å². The molecule has 0 N–H and O–H groups in total. The molecule has 25 heavy (non-hydrogen) atoms. The molecule has 3 aliphatic rings. The number of phosphoric ester groups is 1. The van der Waals surface area contributed by atoms with Crippen LogP contribution in [0.15, 0.2) is 24.3 Å². The van der Waals surface area contributed by atoms with Crippen molar-refractivity contribution in [3.05, 3.63) is 29.3 Å². The van der Waals surface area contributed by atoms with E-state index in [4.69, 9.17) is 34.6 Å². The average molecular weight is 389 g/mol. The number of hydrogen-bond acceptors (Lipinski definition) is 6. The van der Waals surface area contributed by atoms with Gasteiger partial charge in [0.2, 0.25) is 0 Å². The molecule has 0 amide bonds. The number of phosphoric acid groups is 1. The molecule has 8 heteroatoms. The SMILES string of the molecule is O=P1(Oc2ccccc2Cl)OCC2(COC3(CCCCC3)OC2)CO1. The Labute approximate surface area is 152 Å². The Balaban J connectivity index is 1.37. The highest BCUT2D eigenvalue weighted by Crippen LogP contribution is 2.56. The Bertz CT molecular complexity index is 651. The molecule has 4 rings (SSSR count). The number of hydrogen-bond donors (Lipinski definition) is 0. The van der Waals surface area contributed by atoms with Crippen molar-refractivity contribution in [2.45, 2.75) is 37.9 Å². The maximum Gasteiger partial charge on any atom is 0.530 e. The second-order valence-corrected chi connectivity index (χ2v) is 9.07. The third-order valence-electron chi connectivity index (χ3n) is 5.00. The molecule has 1 saturated carbocycles. The lowest BCUT2D eigenvalue weighted by molar-refractivity contribution is -0.324. The van der Waals surface area contributed by atoms with E-state index in [0.717, 1.165) is 25.7 Å². The number of ether oxygens (including phenoxy) is 2. The van der Waals surface area contributed by atoms with Crippen molar-refractivity contribution >= 4 is 19.4 Å². The third kappa shape index (κ3) is 3.75. The van der Waals surface area contributed by atoms with Gasteiger partial charge in [0.05, 0.1) is 36.9 Å². The van der Waals surface area contributed by atoms with Crippen LogP contribution in [0.2, 0.25) is 5.02 Å². The smallest absolute Gasteiger partial charge is 0.402 e. The fraction of sp³-hybridized carbons (Fsp3) is 0.647. The molecular weight excluding hydrogens is 367 g/mol. The molecule has 2 saturated heterocycles. The summed E-state index contributed by atoms with van der Waals surface area (Å²) < 4.78 is 41.2. The maximum absolute atomic E-state index is 12.7. The van der Waals surface area contributed by atoms with Crippen LogP contribution >= 0.6 is 19.4 Å². The molecular formula is C17H22ClO6P. The summed E-state index contributed by atoms with van der Waals surface area (Å²) in [4.78, 5) is 0. The highest BCUT2D eigenvalue weighted by Gasteiger charge is 2.51. The molecule has 0 bridgehead atoms. The molecule has 138 valence electrons. The summed E-state index contributed by atoms with van der Waals surface area (Å²) in [5.74, 6) is -0.167. The van der Waals surface area contributed by atoms with Crippen LogP contribution in [0.4, 0.5) is 0 Å². The van der Waals surface area contributed by atoms with E-state index in [2.05, 4.69) is 0 Å². The molecule has 0 unspecified atom stereocenters. The topological polar surface area (TPSA) is 63.2 Å². The summed E-state index contributed by atoms with van der Waals surface area (Å²) >= 11 is 6.03. The Morgan fingerprint density at radius 1 is 0.960 bits per heavy atom. The predicted molar refractivity (Wildman–Crippen MR) is 91.7 cm³/mol. The monoisotopic (exact) mass is 388 g/mol. The van der Waals surface area contributed by atoms with E-state index in [1.807, 2.05) is 0 Å². The Kier molecular flexibility index (Phi) is 4.86. The van der Waals surface area contributed by atoms with E-state index in [1.165, 1.54) is 6.42 Å². The zero-order chi connectivity index (χ0) is 17.4. The average Bonchev–Trinajstić information content (AvgIpc) is 2.64.